The lowest BCUT2D eigenvalue weighted by Crippen LogP contribution is -1.67. The highest BCUT2D eigenvalue weighted by Crippen LogP contribution is 2.26. The molecule has 0 aliphatic carbocycles. The predicted molar refractivity (Wildman–Crippen MR) is 72.5 cm³/mol. The highest BCUT2D eigenvalue weighted by molar-refractivity contribution is 7.45. The molecule has 0 atom stereocenters. The summed E-state index contributed by atoms with van der Waals surface area (Å²) in [7, 11) is -9.28. The molecule has 0 unspecified atom stereocenters. The highest BCUT2D eigenvalue weighted by atomic mass is 31.2. The number of rotatable bonds is 0. The molecule has 0 saturated heterocycles. The van der Waals surface area contributed by atoms with Crippen LogP contribution in [0.3, 0.4) is 0 Å². The van der Waals surface area contributed by atoms with Crippen molar-refractivity contribution in [3.8, 4) is 0 Å². The molecule has 0 aromatic heterocycles. The molecule has 2 aromatic rings. The molecule has 0 fully saturated rings. The van der Waals surface area contributed by atoms with Gasteiger partial charge < -0.3 is 29.4 Å². The van der Waals surface area contributed by atoms with Gasteiger partial charge >= 0.3 is 15.6 Å². The van der Waals surface area contributed by atoms with Crippen LogP contribution in [0.4, 0.5) is 0 Å². The minimum absolute atomic E-state index is 1.31. The second-order valence-corrected chi connectivity index (χ2v) is 5.43. The molecule has 0 saturated carbocycles. The predicted octanol–water partition coefficient (Wildman–Crippen LogP) is 0.983. The third-order valence-corrected chi connectivity index (χ3v) is 1.66. The first kappa shape index (κ1) is 18.9. The van der Waals surface area contributed by atoms with Gasteiger partial charge in [-0.25, -0.2) is 9.13 Å². The summed E-state index contributed by atoms with van der Waals surface area (Å²) >= 11 is 0. The van der Waals surface area contributed by atoms with Gasteiger partial charge in [-0.2, -0.15) is 0 Å². The van der Waals surface area contributed by atoms with Crippen molar-refractivity contribution >= 4 is 26.4 Å². The van der Waals surface area contributed by atoms with Crippen LogP contribution in [0, 0.1) is 0 Å². The van der Waals surface area contributed by atoms with Crippen LogP contribution in [0.1, 0.15) is 0 Å². The van der Waals surface area contributed by atoms with Crippen molar-refractivity contribution in [2.75, 3.05) is 0 Å². The average Bonchev–Trinajstić information content (AvgIpc) is 2.25. The Kier molecular flexibility index (Phi) is 7.82. The zero-order chi connectivity index (χ0) is 15.8. The summed E-state index contributed by atoms with van der Waals surface area (Å²) in [4.78, 5) is 43.1. The van der Waals surface area contributed by atoms with E-state index in [9.17, 15) is 0 Å². The van der Waals surface area contributed by atoms with Crippen LogP contribution in [-0.2, 0) is 9.13 Å². The third-order valence-electron chi connectivity index (χ3n) is 1.66. The molecule has 0 spiro atoms. The maximum absolute atomic E-state index is 8.88. The number of fused-ring (bicyclic) bond motifs is 1. The summed E-state index contributed by atoms with van der Waals surface area (Å²) in [6.45, 7) is 0. The van der Waals surface area contributed by atoms with E-state index >= 15 is 0 Å². The van der Waals surface area contributed by atoms with Gasteiger partial charge in [-0.1, -0.05) is 48.5 Å². The van der Waals surface area contributed by atoms with Crippen molar-refractivity contribution in [1.29, 1.82) is 0 Å². The third kappa shape index (κ3) is 15.0. The van der Waals surface area contributed by atoms with Gasteiger partial charge in [0.15, 0.2) is 0 Å². The fraction of sp³-hybridized carbons (Fsp3) is 0. The summed E-state index contributed by atoms with van der Waals surface area (Å²) in [5.41, 5.74) is 0. The fourth-order valence-corrected chi connectivity index (χ4v) is 1.13. The van der Waals surface area contributed by atoms with Crippen LogP contribution in [0.2, 0.25) is 0 Å². The fourth-order valence-electron chi connectivity index (χ4n) is 1.13. The van der Waals surface area contributed by atoms with Crippen molar-refractivity contribution in [1.82, 2.24) is 0 Å². The van der Waals surface area contributed by atoms with E-state index in [0.717, 1.165) is 0 Å². The van der Waals surface area contributed by atoms with Crippen LogP contribution < -0.4 is 0 Å². The van der Waals surface area contributed by atoms with Gasteiger partial charge in [0, 0.05) is 0 Å². The molecule has 20 heavy (non-hydrogen) atoms. The number of phosphoric acid groups is 2. The first-order valence-electron chi connectivity index (χ1n) is 4.97. The minimum Gasteiger partial charge on any atom is -0.303 e. The van der Waals surface area contributed by atoms with E-state index in [4.69, 9.17) is 38.5 Å². The van der Waals surface area contributed by atoms with Crippen LogP contribution >= 0.6 is 15.6 Å². The average molecular weight is 324 g/mol. The van der Waals surface area contributed by atoms with Crippen molar-refractivity contribution in [3.05, 3.63) is 48.5 Å². The van der Waals surface area contributed by atoms with Gasteiger partial charge in [-0.3, -0.25) is 0 Å². The van der Waals surface area contributed by atoms with E-state index in [2.05, 4.69) is 48.5 Å². The van der Waals surface area contributed by atoms with Crippen molar-refractivity contribution in [2.24, 2.45) is 0 Å². The lowest BCUT2D eigenvalue weighted by atomic mass is 10.1. The zero-order valence-electron chi connectivity index (χ0n) is 10.0. The molecule has 0 amide bonds. The number of hydrogen-bond donors (Lipinski definition) is 6. The molecule has 0 radical (unpaired) electrons. The van der Waals surface area contributed by atoms with Crippen LogP contribution in [-0.4, -0.2) is 29.4 Å². The molecule has 6 N–H and O–H groups in total. The Bertz CT molecular complexity index is 515. The van der Waals surface area contributed by atoms with Gasteiger partial charge in [-0.15, -0.1) is 0 Å². The van der Waals surface area contributed by atoms with Gasteiger partial charge in [0.2, 0.25) is 0 Å². The molecular weight excluding hydrogens is 310 g/mol. The topological polar surface area (TPSA) is 156 Å². The Morgan fingerprint density at radius 3 is 0.850 bits per heavy atom. The smallest absolute Gasteiger partial charge is 0.303 e. The molecule has 2 aromatic carbocycles. The minimum atomic E-state index is -4.64. The summed E-state index contributed by atoms with van der Waals surface area (Å²) in [6, 6.07) is 16.7. The van der Waals surface area contributed by atoms with Gasteiger partial charge in [0.05, 0.1) is 0 Å². The largest absolute Gasteiger partial charge is 0.466 e. The maximum Gasteiger partial charge on any atom is 0.466 e. The van der Waals surface area contributed by atoms with Gasteiger partial charge in [0.1, 0.15) is 0 Å². The first-order valence-corrected chi connectivity index (χ1v) is 8.10. The monoisotopic (exact) mass is 324 g/mol. The lowest BCUT2D eigenvalue weighted by molar-refractivity contribution is 0.272. The molecule has 0 heterocycles. The summed E-state index contributed by atoms with van der Waals surface area (Å²) in [5.74, 6) is 0. The highest BCUT2D eigenvalue weighted by Gasteiger charge is 2.00. The lowest BCUT2D eigenvalue weighted by Gasteiger charge is -1.92. The Morgan fingerprint density at radius 1 is 0.550 bits per heavy atom. The summed E-state index contributed by atoms with van der Waals surface area (Å²) in [6.07, 6.45) is 0. The van der Waals surface area contributed by atoms with Gasteiger partial charge in [-0.05, 0) is 10.8 Å². The maximum atomic E-state index is 8.88. The van der Waals surface area contributed by atoms with Crippen molar-refractivity contribution < 1.29 is 38.5 Å². The molecule has 8 nitrogen and oxygen atoms in total. The Morgan fingerprint density at radius 2 is 0.700 bits per heavy atom. The van der Waals surface area contributed by atoms with E-state index in [1.54, 1.807) is 0 Å². The Hall–Kier alpha value is -1.08. The van der Waals surface area contributed by atoms with E-state index in [0.29, 0.717) is 0 Å². The zero-order valence-corrected chi connectivity index (χ0v) is 11.8. The number of hydrogen-bond acceptors (Lipinski definition) is 2. The van der Waals surface area contributed by atoms with Crippen molar-refractivity contribution in [3.63, 3.8) is 0 Å². The summed E-state index contributed by atoms with van der Waals surface area (Å²) in [5, 5.41) is 2.62. The second kappa shape index (κ2) is 8.26. The first-order chi connectivity index (χ1) is 8.97. The molecule has 0 aliphatic heterocycles. The van der Waals surface area contributed by atoms with E-state index in [1.807, 2.05) is 0 Å². The quantitative estimate of drug-likeness (QED) is 0.392. The van der Waals surface area contributed by atoms with Gasteiger partial charge in [0.25, 0.3) is 0 Å². The van der Waals surface area contributed by atoms with Crippen LogP contribution in [0.15, 0.2) is 48.5 Å². The molecule has 10 heteroatoms. The second-order valence-electron chi connectivity index (χ2n) is 3.37. The van der Waals surface area contributed by atoms with Crippen LogP contribution in [0.25, 0.3) is 10.8 Å². The van der Waals surface area contributed by atoms with Crippen LogP contribution in [0.5, 0.6) is 0 Å². The van der Waals surface area contributed by atoms with Crippen molar-refractivity contribution in [2.45, 2.75) is 0 Å². The van der Waals surface area contributed by atoms with E-state index in [-0.39, 0.29) is 0 Å². The molecular formula is C10H14O8P2. The standard InChI is InChI=1S/C10H8.2H3O4P/c1-2-6-10-8-4-3-7-9(10)5-1;2*1-5(2,3)4/h1-8H;2*(H3,1,2,3,4). The molecule has 0 bridgehead atoms. The van der Waals surface area contributed by atoms with E-state index < -0.39 is 15.6 Å². The number of benzene rings is 2. The Labute approximate surface area is 114 Å². The SMILES string of the molecule is O=P(O)(O)O.O=P(O)(O)O.c1ccc2ccccc2c1. The normalized spacial score (nSPS) is 10.9. The van der Waals surface area contributed by atoms with E-state index in [1.165, 1.54) is 10.8 Å². The summed E-state index contributed by atoms with van der Waals surface area (Å²) < 4.78 is 17.8. The molecule has 2 rings (SSSR count). The molecule has 112 valence electrons. The Balaban J connectivity index is 0.000000310. The molecule has 0 aliphatic rings.